The van der Waals surface area contributed by atoms with Crippen LogP contribution in [0, 0.1) is 24.5 Å². The maximum Gasteiger partial charge on any atom is 0.161 e. The summed E-state index contributed by atoms with van der Waals surface area (Å²) in [6, 6.07) is 4.11. The minimum atomic E-state index is -0.782. The van der Waals surface area contributed by atoms with Gasteiger partial charge in [0.2, 0.25) is 0 Å². The molecule has 0 spiro atoms. The summed E-state index contributed by atoms with van der Waals surface area (Å²) in [6.45, 7) is 1.53. The quantitative estimate of drug-likeness (QED) is 0.677. The molecule has 0 aromatic heterocycles. The number of hydrogen-bond acceptors (Lipinski definition) is 1. The Morgan fingerprint density at radius 3 is 2.24 bits per heavy atom. The van der Waals surface area contributed by atoms with E-state index in [-0.39, 0.29) is 0 Å². The zero-order valence-corrected chi connectivity index (χ0v) is 10.1. The van der Waals surface area contributed by atoms with Crippen molar-refractivity contribution in [1.82, 2.24) is 0 Å². The van der Waals surface area contributed by atoms with E-state index < -0.39 is 11.6 Å². The maximum atomic E-state index is 12.4. The first-order valence-corrected chi connectivity index (χ1v) is 6.01. The number of aldehydes is 1. The molecule has 1 aromatic carbocycles. The number of halogens is 2. The van der Waals surface area contributed by atoms with Gasteiger partial charge >= 0.3 is 0 Å². The van der Waals surface area contributed by atoms with E-state index in [1.165, 1.54) is 38.3 Å². The summed E-state index contributed by atoms with van der Waals surface area (Å²) in [4.78, 5) is 10.2. The first kappa shape index (κ1) is 13.8. The van der Waals surface area contributed by atoms with E-state index in [2.05, 4.69) is 0 Å². The molecule has 1 saturated carbocycles. The fraction of sp³-hybridized carbons (Fsp3) is 0.500. The number of carbonyl (C=O) groups is 1. The molecule has 94 valence electrons. The molecule has 0 saturated heterocycles. The third-order valence-corrected chi connectivity index (χ3v) is 2.99. The summed E-state index contributed by atoms with van der Waals surface area (Å²) in [5.41, 5.74) is 0.343. The van der Waals surface area contributed by atoms with E-state index in [4.69, 9.17) is 0 Å². The van der Waals surface area contributed by atoms with Crippen molar-refractivity contribution < 1.29 is 13.6 Å². The van der Waals surface area contributed by atoms with Crippen molar-refractivity contribution in [2.45, 2.75) is 39.0 Å². The summed E-state index contributed by atoms with van der Waals surface area (Å²) < 4.78 is 24.6. The van der Waals surface area contributed by atoms with Crippen LogP contribution in [0.1, 0.15) is 37.7 Å². The lowest BCUT2D eigenvalue weighted by molar-refractivity contribution is -0.111. The zero-order valence-electron chi connectivity index (χ0n) is 10.1. The molecular weight excluding hydrogens is 222 g/mol. The number of hydrogen-bond donors (Lipinski definition) is 0. The van der Waals surface area contributed by atoms with Gasteiger partial charge < -0.3 is 4.79 Å². The molecule has 1 aliphatic rings. The van der Waals surface area contributed by atoms with Crippen molar-refractivity contribution in [2.24, 2.45) is 5.92 Å². The second kappa shape index (κ2) is 7.15. The van der Waals surface area contributed by atoms with Gasteiger partial charge in [-0.2, -0.15) is 0 Å². The average molecular weight is 240 g/mol. The summed E-state index contributed by atoms with van der Waals surface area (Å²) >= 11 is 0. The molecule has 1 fully saturated rings. The highest BCUT2D eigenvalue weighted by Gasteiger charge is 2.10. The molecule has 0 N–H and O–H groups in total. The summed E-state index contributed by atoms with van der Waals surface area (Å²) in [5, 5.41) is 0. The molecule has 1 nitrogen and oxygen atoms in total. The molecule has 0 atom stereocenters. The van der Waals surface area contributed by atoms with Gasteiger partial charge in [-0.3, -0.25) is 0 Å². The summed E-state index contributed by atoms with van der Waals surface area (Å²) in [5.74, 6) is -1.13. The number of benzene rings is 1. The molecule has 1 aliphatic carbocycles. The lowest BCUT2D eigenvalue weighted by Crippen LogP contribution is -2.06. The predicted octanol–water partition coefficient (Wildman–Crippen LogP) is 4.04. The second-order valence-corrected chi connectivity index (χ2v) is 4.40. The van der Waals surface area contributed by atoms with Crippen molar-refractivity contribution in [3.8, 4) is 0 Å². The summed E-state index contributed by atoms with van der Waals surface area (Å²) in [6.07, 6.45) is 7.27. The van der Waals surface area contributed by atoms with Gasteiger partial charge in [-0.1, -0.05) is 31.4 Å². The van der Waals surface area contributed by atoms with Crippen LogP contribution in [0.2, 0.25) is 0 Å². The van der Waals surface area contributed by atoms with E-state index >= 15 is 0 Å². The Labute approximate surface area is 101 Å². The topological polar surface area (TPSA) is 17.1 Å². The lowest BCUT2D eigenvalue weighted by atomic mass is 9.91. The van der Waals surface area contributed by atoms with Gasteiger partial charge in [-0.05, 0) is 31.4 Å². The Kier molecular flexibility index (Phi) is 5.81. The summed E-state index contributed by atoms with van der Waals surface area (Å²) in [7, 11) is 0. The van der Waals surface area contributed by atoms with Crippen molar-refractivity contribution >= 4 is 6.29 Å². The SMILES string of the molecule is Cc1cccc(F)c1F.O=CC1CCCCC1. The Hall–Kier alpha value is -1.25. The fourth-order valence-electron chi connectivity index (χ4n) is 1.88. The van der Waals surface area contributed by atoms with Crippen LogP contribution in [0.15, 0.2) is 18.2 Å². The normalized spacial score (nSPS) is 15.9. The lowest BCUT2D eigenvalue weighted by Gasteiger charge is -2.14. The monoisotopic (exact) mass is 240 g/mol. The molecule has 0 radical (unpaired) electrons. The van der Waals surface area contributed by atoms with Gasteiger partial charge in [-0.15, -0.1) is 0 Å². The molecule has 0 bridgehead atoms. The third kappa shape index (κ3) is 4.63. The van der Waals surface area contributed by atoms with Crippen LogP contribution in [0.5, 0.6) is 0 Å². The van der Waals surface area contributed by atoms with Crippen LogP contribution in [0.4, 0.5) is 8.78 Å². The molecule has 3 heteroatoms. The Morgan fingerprint density at radius 2 is 1.82 bits per heavy atom. The minimum Gasteiger partial charge on any atom is -0.303 e. The first-order chi connectivity index (χ1) is 8.15. The van der Waals surface area contributed by atoms with Gasteiger partial charge in [0.05, 0.1) is 0 Å². The third-order valence-electron chi connectivity index (χ3n) is 2.99. The van der Waals surface area contributed by atoms with Gasteiger partial charge in [0.15, 0.2) is 11.6 Å². The molecule has 2 rings (SSSR count). The highest BCUT2D eigenvalue weighted by Crippen LogP contribution is 2.21. The van der Waals surface area contributed by atoms with Crippen molar-refractivity contribution in [2.75, 3.05) is 0 Å². The van der Waals surface area contributed by atoms with Crippen LogP contribution in [-0.2, 0) is 4.79 Å². The standard InChI is InChI=1S/C7H6F2.C7H12O/c1-5-3-2-4-6(8)7(5)9;8-6-7-4-2-1-3-5-7/h2-4H,1H3;6-7H,1-5H2. The number of aryl methyl sites for hydroxylation is 1. The van der Waals surface area contributed by atoms with Crippen molar-refractivity contribution in [3.05, 3.63) is 35.4 Å². The molecule has 1 aromatic rings. The Bertz CT molecular complexity index is 337. The Balaban J connectivity index is 0.000000171. The fourth-order valence-corrected chi connectivity index (χ4v) is 1.88. The number of carbonyl (C=O) groups excluding carboxylic acids is 1. The van der Waals surface area contributed by atoms with E-state index in [1.54, 1.807) is 0 Å². The van der Waals surface area contributed by atoms with E-state index in [0.717, 1.165) is 25.2 Å². The molecule has 0 amide bonds. The highest BCUT2D eigenvalue weighted by atomic mass is 19.2. The molecular formula is C14H18F2O. The van der Waals surface area contributed by atoms with Crippen LogP contribution < -0.4 is 0 Å². The van der Waals surface area contributed by atoms with Gasteiger partial charge in [-0.25, -0.2) is 8.78 Å². The van der Waals surface area contributed by atoms with E-state index in [9.17, 15) is 13.6 Å². The van der Waals surface area contributed by atoms with Crippen LogP contribution in [0.3, 0.4) is 0 Å². The van der Waals surface area contributed by atoms with Gasteiger partial charge in [0.25, 0.3) is 0 Å². The largest absolute Gasteiger partial charge is 0.303 e. The van der Waals surface area contributed by atoms with Crippen LogP contribution in [-0.4, -0.2) is 6.29 Å². The smallest absolute Gasteiger partial charge is 0.161 e. The Morgan fingerprint density at radius 1 is 1.18 bits per heavy atom. The minimum absolute atomic E-state index is 0.343. The predicted molar refractivity (Wildman–Crippen MR) is 63.7 cm³/mol. The number of rotatable bonds is 1. The van der Waals surface area contributed by atoms with E-state index in [0.29, 0.717) is 11.5 Å². The molecule has 17 heavy (non-hydrogen) atoms. The average Bonchev–Trinajstić information content (AvgIpc) is 2.37. The molecule has 0 unspecified atom stereocenters. The second-order valence-electron chi connectivity index (χ2n) is 4.40. The first-order valence-electron chi connectivity index (χ1n) is 6.01. The van der Waals surface area contributed by atoms with Gasteiger partial charge in [0.1, 0.15) is 6.29 Å². The molecule has 0 heterocycles. The van der Waals surface area contributed by atoms with Crippen molar-refractivity contribution in [3.63, 3.8) is 0 Å². The van der Waals surface area contributed by atoms with Crippen LogP contribution in [0.25, 0.3) is 0 Å². The van der Waals surface area contributed by atoms with E-state index in [1.807, 2.05) is 0 Å². The molecule has 0 aliphatic heterocycles. The maximum absolute atomic E-state index is 12.4. The van der Waals surface area contributed by atoms with Gasteiger partial charge in [0, 0.05) is 5.92 Å². The van der Waals surface area contributed by atoms with Crippen LogP contribution >= 0.6 is 0 Å². The van der Waals surface area contributed by atoms with Crippen molar-refractivity contribution in [1.29, 1.82) is 0 Å². The highest BCUT2D eigenvalue weighted by molar-refractivity contribution is 5.53. The zero-order chi connectivity index (χ0) is 12.7.